The Hall–Kier alpha value is -2.48. The molecule has 31 heavy (non-hydrogen) atoms. The van der Waals surface area contributed by atoms with Crippen LogP contribution >= 0.6 is 40.2 Å². The molecule has 0 fully saturated rings. The van der Waals surface area contributed by atoms with Crippen molar-refractivity contribution in [2.24, 2.45) is 0 Å². The van der Waals surface area contributed by atoms with Crippen molar-refractivity contribution in [3.8, 4) is 6.07 Å². The number of imidazole rings is 1. The van der Waals surface area contributed by atoms with Gasteiger partial charge in [-0.05, 0) is 65.6 Å². The van der Waals surface area contributed by atoms with Gasteiger partial charge in [-0.3, -0.25) is 4.34 Å². The number of anilines is 4. The van der Waals surface area contributed by atoms with Crippen molar-refractivity contribution in [3.05, 3.63) is 59.8 Å². The summed E-state index contributed by atoms with van der Waals surface area (Å²) in [7, 11) is 0. The fraction of sp³-hybridized carbons (Fsp3) is 0.100. The predicted octanol–water partition coefficient (Wildman–Crippen LogP) is 6.15. The van der Waals surface area contributed by atoms with Gasteiger partial charge in [0.25, 0.3) is 0 Å². The van der Waals surface area contributed by atoms with E-state index in [4.69, 9.17) is 15.2 Å². The van der Waals surface area contributed by atoms with E-state index in [1.54, 1.807) is 24.3 Å². The number of benzene rings is 1. The second kappa shape index (κ2) is 9.34. The first-order chi connectivity index (χ1) is 15.0. The maximum atomic E-state index is 13.7. The highest BCUT2D eigenvalue weighted by Gasteiger charge is 2.16. The third-order valence-electron chi connectivity index (χ3n) is 4.42. The molecule has 1 unspecified atom stereocenters. The number of aryl methyl sites for hydroxylation is 1. The predicted molar refractivity (Wildman–Crippen MR) is 134 cm³/mol. The second-order valence-corrected chi connectivity index (χ2v) is 9.33. The molecule has 0 saturated carbocycles. The molecule has 4 rings (SSSR count). The average molecular weight is 563 g/mol. The number of aromatic nitrogens is 4. The van der Waals surface area contributed by atoms with Crippen molar-refractivity contribution in [3.63, 3.8) is 0 Å². The molecule has 0 radical (unpaired) electrons. The normalized spacial score (nSPS) is 11.2. The molecule has 7 nitrogen and oxygen atoms in total. The molecule has 3 aromatic heterocycles. The van der Waals surface area contributed by atoms with Crippen molar-refractivity contribution in [2.45, 2.75) is 11.8 Å². The number of rotatable bonds is 6. The van der Waals surface area contributed by atoms with Gasteiger partial charge in [-0.25, -0.2) is 19.3 Å². The van der Waals surface area contributed by atoms with Crippen molar-refractivity contribution in [1.82, 2.24) is 19.3 Å². The highest BCUT2D eigenvalue weighted by molar-refractivity contribution is 14.2. The first-order valence-corrected chi connectivity index (χ1v) is 14.3. The smallest absolute Gasteiger partial charge is 0.168 e. The Morgan fingerprint density at radius 1 is 1.10 bits per heavy atom. The Kier molecular flexibility index (Phi) is 6.55. The molecular weight excluding hydrogens is 547 g/mol. The van der Waals surface area contributed by atoms with Crippen LogP contribution in [0.3, 0.4) is 0 Å². The van der Waals surface area contributed by atoms with Crippen LogP contribution < -0.4 is 10.6 Å². The van der Waals surface area contributed by atoms with E-state index in [-0.39, 0.29) is 5.82 Å². The zero-order valence-electron chi connectivity index (χ0n) is 16.4. The number of hydrogen-bond acceptors (Lipinski definition) is 7. The van der Waals surface area contributed by atoms with Crippen LogP contribution in [-0.2, 0) is 0 Å². The van der Waals surface area contributed by atoms with E-state index >= 15 is 0 Å². The number of nitriles is 1. The van der Waals surface area contributed by atoms with Gasteiger partial charge in [0.05, 0.1) is 17.7 Å². The molecule has 2 N–H and O–H groups in total. The Bertz CT molecular complexity index is 1320. The number of hydrogen-bond donors (Lipinski definition) is 2. The maximum Gasteiger partial charge on any atom is 0.168 e. The zero-order valence-corrected chi connectivity index (χ0v) is 20.4. The number of pyridine rings is 2. The number of halogens is 2. The van der Waals surface area contributed by atoms with Crippen molar-refractivity contribution in [1.29, 1.82) is 5.26 Å². The van der Waals surface area contributed by atoms with Crippen LogP contribution in [0.1, 0.15) is 11.5 Å². The van der Waals surface area contributed by atoms with Crippen molar-refractivity contribution < 1.29 is 4.39 Å². The molecule has 0 saturated heterocycles. The largest absolute Gasteiger partial charge is 0.353 e. The van der Waals surface area contributed by atoms with E-state index < -0.39 is 0 Å². The topological polar surface area (TPSA) is 91.4 Å². The highest BCUT2D eigenvalue weighted by Crippen LogP contribution is 2.37. The summed E-state index contributed by atoms with van der Waals surface area (Å²) in [5.74, 6) is 1.64. The third-order valence-corrected chi connectivity index (χ3v) is 7.35. The summed E-state index contributed by atoms with van der Waals surface area (Å²) >= 11 is 3.75. The molecule has 3 heterocycles. The lowest BCUT2D eigenvalue weighted by atomic mass is 10.2. The summed E-state index contributed by atoms with van der Waals surface area (Å²) < 4.78 is 15.7. The van der Waals surface area contributed by atoms with Gasteiger partial charge in [0.2, 0.25) is 0 Å². The molecule has 11 heteroatoms. The lowest BCUT2D eigenvalue weighted by molar-refractivity contribution is 0.624. The van der Waals surface area contributed by atoms with Gasteiger partial charge in [0.15, 0.2) is 5.65 Å². The van der Waals surface area contributed by atoms with Crippen LogP contribution in [0.5, 0.6) is 0 Å². The lowest BCUT2D eigenvalue weighted by Crippen LogP contribution is -2.01. The Balaban J connectivity index is 1.82. The average Bonchev–Trinajstić information content (AvgIpc) is 3.10. The first-order valence-electron chi connectivity index (χ1n) is 9.04. The summed E-state index contributed by atoms with van der Waals surface area (Å²) in [4.78, 5) is 14.5. The van der Waals surface area contributed by atoms with E-state index in [1.165, 1.54) is 23.9 Å². The number of fused-ring (bicyclic) bond motifs is 1. The van der Waals surface area contributed by atoms with Crippen molar-refractivity contribution >= 4 is 74.4 Å². The van der Waals surface area contributed by atoms with Crippen molar-refractivity contribution in [2.75, 3.05) is 16.9 Å². The lowest BCUT2D eigenvalue weighted by Gasteiger charge is -2.13. The van der Waals surface area contributed by atoms with Gasteiger partial charge in [0, 0.05) is 11.0 Å². The monoisotopic (exact) mass is 563 g/mol. The van der Waals surface area contributed by atoms with E-state index in [0.29, 0.717) is 23.7 Å². The second-order valence-electron chi connectivity index (χ2n) is 6.42. The molecule has 0 aliphatic carbocycles. The molecule has 0 amide bonds. The summed E-state index contributed by atoms with van der Waals surface area (Å²) in [5.41, 5.74) is 3.28. The minimum Gasteiger partial charge on any atom is -0.353 e. The summed E-state index contributed by atoms with van der Waals surface area (Å²) in [5, 5.41) is 15.7. The Labute approximate surface area is 197 Å². The first kappa shape index (κ1) is 21.7. The summed E-state index contributed by atoms with van der Waals surface area (Å²) in [6, 6.07) is 13.7. The van der Waals surface area contributed by atoms with Crippen LogP contribution in [0, 0.1) is 24.1 Å². The fourth-order valence-corrected chi connectivity index (χ4v) is 5.74. The van der Waals surface area contributed by atoms with Crippen LogP contribution in [0.25, 0.3) is 11.2 Å². The quantitative estimate of drug-likeness (QED) is 0.165. The van der Waals surface area contributed by atoms with E-state index in [9.17, 15) is 4.39 Å². The van der Waals surface area contributed by atoms with Crippen LogP contribution in [0.4, 0.5) is 27.4 Å². The highest BCUT2D eigenvalue weighted by atomic mass is 127. The van der Waals surface area contributed by atoms with E-state index in [0.717, 1.165) is 33.3 Å². The maximum absolute atomic E-state index is 13.7. The van der Waals surface area contributed by atoms with Gasteiger partial charge in [-0.1, -0.05) is 6.07 Å². The molecule has 156 valence electrons. The van der Waals surface area contributed by atoms with Gasteiger partial charge >= 0.3 is 0 Å². The minimum absolute atomic E-state index is 0.285. The van der Waals surface area contributed by atoms with Crippen LogP contribution in [0.2, 0.25) is 0 Å². The van der Waals surface area contributed by atoms with Gasteiger partial charge < -0.3 is 10.6 Å². The SMILES string of the molecule is CSc1cc(F)ccc1Nc1cc(Nc2cccc(C#N)n2)nc2c1nc(C)n2PI. The molecular formula is C20H16FIN7PS. The zero-order chi connectivity index (χ0) is 22.0. The van der Waals surface area contributed by atoms with Gasteiger partial charge in [-0.2, -0.15) is 5.26 Å². The van der Waals surface area contributed by atoms with Gasteiger partial charge in [0.1, 0.15) is 40.6 Å². The molecule has 0 spiro atoms. The molecule has 1 atom stereocenters. The summed E-state index contributed by atoms with van der Waals surface area (Å²) in [6.07, 6.45) is 2.33. The standard InChI is InChI=1S/C20H16FIN7PS/c1-11-24-19-15(26-14-7-6-12(21)8-16(14)31-2)9-18(28-20(19)29(11)30-22)27-17-5-3-4-13(10-23)25-17/h3-9,30H,1-2H3,(H2,25,26,27,28). The molecule has 0 bridgehead atoms. The fourth-order valence-electron chi connectivity index (χ4n) is 3.03. The molecule has 0 aliphatic heterocycles. The Morgan fingerprint density at radius 2 is 1.94 bits per heavy atom. The number of nitrogens with zero attached hydrogens (tertiary/aromatic N) is 5. The van der Waals surface area contributed by atoms with E-state index in [2.05, 4.69) is 37.7 Å². The minimum atomic E-state index is -0.285. The molecule has 4 aromatic rings. The number of nitrogens with one attached hydrogen (secondary N) is 2. The van der Waals surface area contributed by atoms with E-state index in [1.807, 2.05) is 29.7 Å². The molecule has 1 aromatic carbocycles. The van der Waals surface area contributed by atoms with Gasteiger partial charge in [-0.15, -0.1) is 11.8 Å². The third kappa shape index (κ3) is 4.59. The molecule has 0 aliphatic rings. The Morgan fingerprint density at radius 3 is 2.68 bits per heavy atom. The van der Waals surface area contributed by atoms with Crippen LogP contribution in [-0.4, -0.2) is 25.5 Å². The van der Waals surface area contributed by atoms with Crippen LogP contribution in [0.15, 0.2) is 47.4 Å². The number of thioether (sulfide) groups is 1. The summed E-state index contributed by atoms with van der Waals surface area (Å²) in [6.45, 7) is 1.94.